The Labute approximate surface area is 311 Å². The Balaban J connectivity index is 1.45. The Hall–Kier alpha value is -2.69. The molecule has 1 spiro atoms. The number of aliphatic hydroxyl groups excluding tert-OH is 4. The molecular formula is C44H64N2O6. The molecule has 0 aromatic heterocycles. The number of nitrogens with one attached hydrogen (secondary N) is 2. The summed E-state index contributed by atoms with van der Waals surface area (Å²) in [5, 5.41) is 63.2. The van der Waals surface area contributed by atoms with Gasteiger partial charge in [0.25, 0.3) is 0 Å². The van der Waals surface area contributed by atoms with Crippen LogP contribution in [0.25, 0.3) is 0 Å². The van der Waals surface area contributed by atoms with Gasteiger partial charge in [-0.05, 0) is 150 Å². The molecule has 9 unspecified atom stereocenters. The van der Waals surface area contributed by atoms with Crippen LogP contribution in [0.15, 0.2) is 83.0 Å². The standard InChI is InChI=1S/C44H64N2O6/c1-29(39-25-33-11-6-10-32(24-33)23-31(3)46-42(51)35-13-7-12-34(39)26-35)9-5-14-36(28-49)38-17-19-44(41(38)50)40(15-8-22-47)37(30(2)27-48)16-18-43(44,52)20-21-45-4/h5-6,9-11,14,24,26-27,31,34,38-42,45-47,49-52H,1,7-8,12-13,15-23,25,28H2,2-4H3. The molecule has 1 aromatic carbocycles. The van der Waals surface area contributed by atoms with Crippen LogP contribution < -0.4 is 10.6 Å². The number of aldehydes is 1. The minimum atomic E-state index is -1.18. The zero-order chi connectivity index (χ0) is 37.5. The number of fused-ring (bicyclic) bond motifs is 3. The molecule has 8 heteroatoms. The SMILES string of the molecule is C=C(C=CC=C(CO)C1CCC2(C(CCCO)C(=C(C)C=O)CCC2(O)CCNC)C1O)C1Cc2cccc(c2)CC(C)NC(O)C2=CC1CCC2. The van der Waals surface area contributed by atoms with Gasteiger partial charge in [-0.2, -0.15) is 0 Å². The van der Waals surface area contributed by atoms with Crippen LogP contribution in [0.3, 0.4) is 0 Å². The van der Waals surface area contributed by atoms with Crippen LogP contribution in [0.5, 0.6) is 0 Å². The van der Waals surface area contributed by atoms with E-state index in [2.05, 4.69) is 54.5 Å². The van der Waals surface area contributed by atoms with Gasteiger partial charge in [-0.3, -0.25) is 10.1 Å². The summed E-state index contributed by atoms with van der Waals surface area (Å²) in [4.78, 5) is 12.1. The first-order chi connectivity index (χ1) is 25.0. The highest BCUT2D eigenvalue weighted by molar-refractivity contribution is 5.74. The molecule has 0 saturated heterocycles. The third-order valence-electron chi connectivity index (χ3n) is 13.1. The molecule has 9 atom stereocenters. The summed E-state index contributed by atoms with van der Waals surface area (Å²) in [6, 6.07) is 8.88. The van der Waals surface area contributed by atoms with E-state index in [1.165, 1.54) is 11.1 Å². The summed E-state index contributed by atoms with van der Waals surface area (Å²) < 4.78 is 0. The van der Waals surface area contributed by atoms with E-state index in [-0.39, 0.29) is 42.9 Å². The average Bonchev–Trinajstić information content (AvgIpc) is 3.48. The molecule has 52 heavy (non-hydrogen) atoms. The van der Waals surface area contributed by atoms with Crippen molar-refractivity contribution >= 4 is 6.29 Å². The van der Waals surface area contributed by atoms with Gasteiger partial charge in [-0.1, -0.05) is 66.3 Å². The second-order valence-electron chi connectivity index (χ2n) is 16.2. The van der Waals surface area contributed by atoms with E-state index in [0.717, 1.165) is 55.1 Å². The maximum Gasteiger partial charge on any atom is 0.145 e. The van der Waals surface area contributed by atoms with E-state index >= 15 is 0 Å². The van der Waals surface area contributed by atoms with E-state index in [1.54, 1.807) is 0 Å². The van der Waals surface area contributed by atoms with Crippen molar-refractivity contribution in [2.45, 2.75) is 115 Å². The van der Waals surface area contributed by atoms with Crippen molar-refractivity contribution in [1.82, 2.24) is 10.6 Å². The molecule has 7 N–H and O–H groups in total. The summed E-state index contributed by atoms with van der Waals surface area (Å²) in [7, 11) is 1.86. The summed E-state index contributed by atoms with van der Waals surface area (Å²) in [6.45, 7) is 8.84. The molecule has 8 nitrogen and oxygen atoms in total. The minimum Gasteiger partial charge on any atom is -0.396 e. The monoisotopic (exact) mass is 716 g/mol. The molecule has 2 fully saturated rings. The highest BCUT2D eigenvalue weighted by atomic mass is 16.3. The van der Waals surface area contributed by atoms with Crippen molar-refractivity contribution in [3.63, 3.8) is 0 Å². The first-order valence-electron chi connectivity index (χ1n) is 19.7. The molecule has 1 heterocycles. The molecule has 0 radical (unpaired) electrons. The predicted molar refractivity (Wildman–Crippen MR) is 207 cm³/mol. The quantitative estimate of drug-likeness (QED) is 0.0674. The van der Waals surface area contributed by atoms with Crippen molar-refractivity contribution in [1.29, 1.82) is 0 Å². The van der Waals surface area contributed by atoms with Crippen LogP contribution >= 0.6 is 0 Å². The van der Waals surface area contributed by atoms with Crippen LogP contribution in [0.2, 0.25) is 0 Å². The zero-order valence-corrected chi connectivity index (χ0v) is 31.7. The summed E-state index contributed by atoms with van der Waals surface area (Å²) in [5.41, 5.74) is 4.77. The third kappa shape index (κ3) is 8.49. The van der Waals surface area contributed by atoms with Gasteiger partial charge in [-0.15, -0.1) is 0 Å². The molecule has 4 bridgehead atoms. The second kappa shape index (κ2) is 18.1. The van der Waals surface area contributed by atoms with Crippen LogP contribution in [0, 0.1) is 29.1 Å². The summed E-state index contributed by atoms with van der Waals surface area (Å²) in [6.07, 6.45) is 15.7. The van der Waals surface area contributed by atoms with Crippen LogP contribution in [-0.2, 0) is 17.6 Å². The van der Waals surface area contributed by atoms with Crippen LogP contribution in [0.1, 0.15) is 89.2 Å². The van der Waals surface area contributed by atoms with Crippen molar-refractivity contribution in [3.8, 4) is 0 Å². The van der Waals surface area contributed by atoms with Gasteiger partial charge in [0, 0.05) is 24.0 Å². The van der Waals surface area contributed by atoms with Crippen molar-refractivity contribution < 1.29 is 30.3 Å². The number of hydrogen-bond acceptors (Lipinski definition) is 8. The van der Waals surface area contributed by atoms with E-state index in [0.29, 0.717) is 62.6 Å². The Bertz CT molecular complexity index is 1530. The number of hydrogen-bond donors (Lipinski definition) is 7. The second-order valence-corrected chi connectivity index (χ2v) is 16.2. The lowest BCUT2D eigenvalue weighted by Gasteiger charge is -2.57. The molecule has 3 aliphatic carbocycles. The van der Waals surface area contributed by atoms with Crippen LogP contribution in [0.4, 0.5) is 0 Å². The molecule has 4 aliphatic rings. The zero-order valence-electron chi connectivity index (χ0n) is 31.7. The van der Waals surface area contributed by atoms with Gasteiger partial charge >= 0.3 is 0 Å². The summed E-state index contributed by atoms with van der Waals surface area (Å²) in [5.74, 6) is -0.287. The largest absolute Gasteiger partial charge is 0.396 e. The number of allylic oxidation sites excluding steroid dienone is 7. The first-order valence-corrected chi connectivity index (χ1v) is 19.7. The van der Waals surface area contributed by atoms with Gasteiger partial charge in [-0.25, -0.2) is 0 Å². The number of benzene rings is 1. The topological polar surface area (TPSA) is 142 Å². The maximum absolute atomic E-state index is 12.5. The van der Waals surface area contributed by atoms with E-state index in [1.807, 2.05) is 32.2 Å². The molecule has 1 aromatic rings. The van der Waals surface area contributed by atoms with E-state index in [4.69, 9.17) is 0 Å². The van der Waals surface area contributed by atoms with E-state index in [9.17, 15) is 30.3 Å². The Kier molecular flexibility index (Phi) is 14.1. The number of aliphatic hydroxyl groups is 5. The van der Waals surface area contributed by atoms with Gasteiger partial charge < -0.3 is 30.8 Å². The smallest absolute Gasteiger partial charge is 0.145 e. The van der Waals surface area contributed by atoms with Gasteiger partial charge in [0.15, 0.2) is 0 Å². The van der Waals surface area contributed by atoms with E-state index < -0.39 is 23.3 Å². The molecule has 286 valence electrons. The van der Waals surface area contributed by atoms with Crippen LogP contribution in [-0.4, -0.2) is 82.6 Å². The Morgan fingerprint density at radius 1 is 1.10 bits per heavy atom. The Morgan fingerprint density at radius 3 is 2.58 bits per heavy atom. The van der Waals surface area contributed by atoms with Gasteiger partial charge in [0.1, 0.15) is 12.5 Å². The lowest BCUT2D eigenvalue weighted by molar-refractivity contribution is -0.180. The predicted octanol–water partition coefficient (Wildman–Crippen LogP) is 5.25. The van der Waals surface area contributed by atoms with Crippen molar-refractivity contribution in [3.05, 3.63) is 94.1 Å². The Morgan fingerprint density at radius 2 is 1.87 bits per heavy atom. The first kappa shape index (κ1) is 40.5. The van der Waals surface area contributed by atoms with Gasteiger partial charge in [0.2, 0.25) is 0 Å². The fourth-order valence-electron chi connectivity index (χ4n) is 10.4. The highest BCUT2D eigenvalue weighted by Crippen LogP contribution is 2.64. The fraction of sp³-hybridized carbons (Fsp3) is 0.614. The molecule has 5 rings (SSSR count). The minimum absolute atomic E-state index is 0.00793. The van der Waals surface area contributed by atoms with Crippen molar-refractivity contribution in [2.75, 3.05) is 26.8 Å². The average molecular weight is 717 g/mol. The summed E-state index contributed by atoms with van der Waals surface area (Å²) >= 11 is 0. The lowest BCUT2D eigenvalue weighted by atomic mass is 9.51. The highest BCUT2D eigenvalue weighted by Gasteiger charge is 2.65. The third-order valence-corrected chi connectivity index (χ3v) is 13.1. The normalized spacial score (nSPS) is 35.2. The molecule has 2 saturated carbocycles. The van der Waals surface area contributed by atoms with Crippen molar-refractivity contribution in [2.24, 2.45) is 29.1 Å². The maximum atomic E-state index is 12.5. The fourth-order valence-corrected chi connectivity index (χ4v) is 10.4. The lowest BCUT2D eigenvalue weighted by Crippen LogP contribution is -2.61. The number of carbonyl (C=O) groups is 1. The number of rotatable bonds is 12. The molecular weight excluding hydrogens is 652 g/mol. The number of carbonyl (C=O) groups excluding carboxylic acids is 1. The molecule has 1 aliphatic heterocycles. The van der Waals surface area contributed by atoms with Gasteiger partial charge in [0.05, 0.1) is 18.3 Å². The molecule has 0 amide bonds.